The highest BCUT2D eigenvalue weighted by molar-refractivity contribution is 8.00. The van der Waals surface area contributed by atoms with Gasteiger partial charge < -0.3 is 10.6 Å². The van der Waals surface area contributed by atoms with Gasteiger partial charge in [0.1, 0.15) is 0 Å². The molecule has 0 aliphatic rings. The van der Waals surface area contributed by atoms with Gasteiger partial charge in [-0.25, -0.2) is 0 Å². The Bertz CT molecular complexity index is 579. The fraction of sp³-hybridized carbons (Fsp3) is 0.417. The van der Waals surface area contributed by atoms with E-state index in [1.165, 1.54) is 0 Å². The molecule has 5 nitrogen and oxygen atoms in total. The molecule has 2 aromatic heterocycles. The Labute approximate surface area is 121 Å². The third-order valence-electron chi connectivity index (χ3n) is 2.79. The number of hydrogen-bond acceptors (Lipinski definition) is 7. The average molecular weight is 295 g/mol. The number of aromatic nitrogens is 3. The first-order chi connectivity index (χ1) is 8.99. The Kier molecular flexibility index (Phi) is 4.26. The van der Waals surface area contributed by atoms with E-state index in [9.17, 15) is 0 Å². The van der Waals surface area contributed by atoms with Crippen LogP contribution in [0.2, 0.25) is 0 Å². The van der Waals surface area contributed by atoms with Crippen molar-refractivity contribution >= 4 is 33.9 Å². The van der Waals surface area contributed by atoms with Gasteiger partial charge in [-0.1, -0.05) is 23.1 Å². The normalized spacial score (nSPS) is 10.7. The molecule has 2 aromatic rings. The molecule has 19 heavy (non-hydrogen) atoms. The molecule has 0 saturated heterocycles. The minimum absolute atomic E-state index is 0.762. The molecule has 0 atom stereocenters. The first kappa shape index (κ1) is 14.1. The van der Waals surface area contributed by atoms with E-state index in [4.69, 9.17) is 5.73 Å². The first-order valence-electron chi connectivity index (χ1n) is 5.83. The lowest BCUT2D eigenvalue weighted by molar-refractivity contribution is 0.971. The maximum atomic E-state index is 6.01. The summed E-state index contributed by atoms with van der Waals surface area (Å²) in [6, 6.07) is 0. The molecule has 0 spiro atoms. The molecule has 0 radical (unpaired) electrons. The van der Waals surface area contributed by atoms with E-state index in [-0.39, 0.29) is 0 Å². The number of anilines is 2. The molecule has 7 heteroatoms. The maximum Gasteiger partial charge on any atom is 0.208 e. The summed E-state index contributed by atoms with van der Waals surface area (Å²) in [4.78, 5) is 6.39. The van der Waals surface area contributed by atoms with E-state index < -0.39 is 0 Å². The van der Waals surface area contributed by atoms with E-state index in [1.807, 2.05) is 39.0 Å². The molecule has 0 aromatic carbocycles. The van der Waals surface area contributed by atoms with Crippen LogP contribution in [0.4, 0.5) is 10.8 Å². The highest BCUT2D eigenvalue weighted by Gasteiger charge is 2.10. The van der Waals surface area contributed by atoms with Crippen LogP contribution in [-0.2, 0) is 5.75 Å². The van der Waals surface area contributed by atoms with Crippen LogP contribution in [0.5, 0.6) is 0 Å². The Morgan fingerprint density at radius 3 is 2.68 bits per heavy atom. The second-order valence-electron chi connectivity index (χ2n) is 4.46. The lowest BCUT2D eigenvalue weighted by Crippen LogP contribution is -2.07. The van der Waals surface area contributed by atoms with Crippen molar-refractivity contribution in [2.45, 2.75) is 23.9 Å². The highest BCUT2D eigenvalue weighted by atomic mass is 32.2. The summed E-state index contributed by atoms with van der Waals surface area (Å²) >= 11 is 3.22. The van der Waals surface area contributed by atoms with Gasteiger partial charge in [0.15, 0.2) is 4.34 Å². The number of aryl methyl sites for hydroxylation is 1. The minimum Gasteiger partial charge on any atom is -0.398 e. The summed E-state index contributed by atoms with van der Waals surface area (Å²) in [5.41, 5.74) is 9.94. The van der Waals surface area contributed by atoms with Crippen LogP contribution in [0.3, 0.4) is 0 Å². The Morgan fingerprint density at radius 2 is 2.05 bits per heavy atom. The molecule has 0 aliphatic heterocycles. The Hall–Kier alpha value is -1.34. The second-order valence-corrected chi connectivity index (χ2v) is 6.64. The Balaban J connectivity index is 2.08. The van der Waals surface area contributed by atoms with Gasteiger partial charge in [-0.3, -0.25) is 4.98 Å². The van der Waals surface area contributed by atoms with Crippen molar-refractivity contribution in [2.75, 3.05) is 24.7 Å². The van der Waals surface area contributed by atoms with Crippen LogP contribution in [0, 0.1) is 13.8 Å². The molecule has 2 N–H and O–H groups in total. The van der Waals surface area contributed by atoms with Crippen molar-refractivity contribution in [1.82, 2.24) is 15.2 Å². The molecular formula is C12H17N5S2. The standard InChI is InChI=1S/C12H17N5S2/c1-7-5-14-9(8(2)10(7)13)6-18-12-16-15-11(19-12)17(3)4/h5H,6H2,1-4H3,(H2,13,14). The number of pyridine rings is 1. The maximum absolute atomic E-state index is 6.01. The quantitative estimate of drug-likeness (QED) is 0.874. The molecule has 0 fully saturated rings. The molecule has 0 aliphatic carbocycles. The van der Waals surface area contributed by atoms with Crippen LogP contribution in [0.15, 0.2) is 10.5 Å². The molecule has 0 unspecified atom stereocenters. The molecule has 0 bridgehead atoms. The zero-order valence-corrected chi connectivity index (χ0v) is 13.1. The predicted octanol–water partition coefficient (Wildman–Crippen LogP) is 2.49. The van der Waals surface area contributed by atoms with Crippen molar-refractivity contribution in [3.05, 3.63) is 23.0 Å². The summed E-state index contributed by atoms with van der Waals surface area (Å²) < 4.78 is 0.948. The van der Waals surface area contributed by atoms with Crippen molar-refractivity contribution in [2.24, 2.45) is 0 Å². The number of nitrogens with two attached hydrogens (primary N) is 1. The molecular weight excluding hydrogens is 278 g/mol. The van der Waals surface area contributed by atoms with Gasteiger partial charge in [-0.15, -0.1) is 10.2 Å². The van der Waals surface area contributed by atoms with E-state index >= 15 is 0 Å². The first-order valence-corrected chi connectivity index (χ1v) is 7.63. The fourth-order valence-corrected chi connectivity index (χ4v) is 3.30. The van der Waals surface area contributed by atoms with Crippen LogP contribution in [0.25, 0.3) is 0 Å². The zero-order valence-electron chi connectivity index (χ0n) is 11.5. The fourth-order valence-electron chi connectivity index (χ4n) is 1.51. The highest BCUT2D eigenvalue weighted by Crippen LogP contribution is 2.30. The van der Waals surface area contributed by atoms with Crippen molar-refractivity contribution in [3.63, 3.8) is 0 Å². The second kappa shape index (κ2) is 5.75. The van der Waals surface area contributed by atoms with Gasteiger partial charge in [0.25, 0.3) is 0 Å². The number of nitrogen functional groups attached to an aromatic ring is 1. The van der Waals surface area contributed by atoms with E-state index in [0.717, 1.165) is 37.7 Å². The monoisotopic (exact) mass is 295 g/mol. The van der Waals surface area contributed by atoms with Crippen LogP contribution >= 0.6 is 23.1 Å². The third-order valence-corrected chi connectivity index (χ3v) is 5.02. The zero-order chi connectivity index (χ0) is 14.0. The summed E-state index contributed by atoms with van der Waals surface area (Å²) in [5, 5.41) is 9.18. The summed E-state index contributed by atoms with van der Waals surface area (Å²) in [6.07, 6.45) is 1.82. The van der Waals surface area contributed by atoms with Crippen molar-refractivity contribution < 1.29 is 0 Å². The van der Waals surface area contributed by atoms with Crippen LogP contribution < -0.4 is 10.6 Å². The molecule has 0 saturated carbocycles. The molecule has 2 rings (SSSR count). The lowest BCUT2D eigenvalue weighted by atomic mass is 10.1. The van der Waals surface area contributed by atoms with E-state index in [2.05, 4.69) is 15.2 Å². The van der Waals surface area contributed by atoms with Crippen molar-refractivity contribution in [3.8, 4) is 0 Å². The summed E-state index contributed by atoms with van der Waals surface area (Å²) in [6.45, 7) is 3.98. The molecule has 0 amide bonds. The SMILES string of the molecule is Cc1cnc(CSc2nnc(N(C)C)s2)c(C)c1N. The lowest BCUT2D eigenvalue weighted by Gasteiger charge is -2.08. The average Bonchev–Trinajstić information content (AvgIpc) is 2.84. The number of thioether (sulfide) groups is 1. The molecule has 2 heterocycles. The summed E-state index contributed by atoms with van der Waals surface area (Å²) in [5.74, 6) is 0.762. The van der Waals surface area contributed by atoms with Gasteiger partial charge in [-0.05, 0) is 25.0 Å². The smallest absolute Gasteiger partial charge is 0.208 e. The van der Waals surface area contributed by atoms with Crippen LogP contribution in [0.1, 0.15) is 16.8 Å². The summed E-state index contributed by atoms with van der Waals surface area (Å²) in [7, 11) is 3.92. The van der Waals surface area contributed by atoms with E-state index in [1.54, 1.807) is 23.1 Å². The Morgan fingerprint density at radius 1 is 1.32 bits per heavy atom. The van der Waals surface area contributed by atoms with Gasteiger partial charge in [0, 0.05) is 31.7 Å². The van der Waals surface area contributed by atoms with Gasteiger partial charge in [0.2, 0.25) is 5.13 Å². The van der Waals surface area contributed by atoms with Crippen molar-refractivity contribution in [1.29, 1.82) is 0 Å². The van der Waals surface area contributed by atoms with Gasteiger partial charge >= 0.3 is 0 Å². The number of nitrogens with zero attached hydrogens (tertiary/aromatic N) is 4. The van der Waals surface area contributed by atoms with Gasteiger partial charge in [-0.2, -0.15) is 0 Å². The largest absolute Gasteiger partial charge is 0.398 e. The third kappa shape index (κ3) is 3.16. The molecule has 102 valence electrons. The number of hydrogen-bond donors (Lipinski definition) is 1. The van der Waals surface area contributed by atoms with Crippen LogP contribution in [-0.4, -0.2) is 29.3 Å². The van der Waals surface area contributed by atoms with Gasteiger partial charge in [0.05, 0.1) is 5.69 Å². The topological polar surface area (TPSA) is 67.9 Å². The van der Waals surface area contributed by atoms with E-state index in [0.29, 0.717) is 0 Å². The minimum atomic E-state index is 0.762. The predicted molar refractivity (Wildman–Crippen MR) is 81.9 cm³/mol. The number of rotatable bonds is 4.